The number of aryl methyl sites for hydroxylation is 1. The minimum Gasteiger partial charge on any atom is -0.477 e. The van der Waals surface area contributed by atoms with Crippen molar-refractivity contribution in [1.82, 2.24) is 15.1 Å². The largest absolute Gasteiger partial charge is 0.477 e. The standard InChI is InChI=1S/C15H25N3O3/c1-9(2)18(10(3)4)7-8-21-14-13(15(19)20)11(5)12(6)16-17-14/h9-10H,7-8H2,1-6H3,(H,19,20). The van der Waals surface area contributed by atoms with Gasteiger partial charge in [-0.15, -0.1) is 5.10 Å². The Kier molecular flexibility index (Phi) is 6.08. The molecule has 1 heterocycles. The molecule has 0 aliphatic carbocycles. The van der Waals surface area contributed by atoms with Crippen LogP contribution >= 0.6 is 0 Å². The van der Waals surface area contributed by atoms with Gasteiger partial charge in [-0.25, -0.2) is 4.79 Å². The summed E-state index contributed by atoms with van der Waals surface area (Å²) in [6, 6.07) is 0.803. The first kappa shape index (κ1) is 17.4. The van der Waals surface area contributed by atoms with Gasteiger partial charge in [-0.1, -0.05) is 0 Å². The Balaban J connectivity index is 2.81. The van der Waals surface area contributed by atoms with E-state index in [1.54, 1.807) is 13.8 Å². The average molecular weight is 295 g/mol. The maximum atomic E-state index is 11.4. The fourth-order valence-electron chi connectivity index (χ4n) is 2.30. The van der Waals surface area contributed by atoms with Gasteiger partial charge in [0.05, 0.1) is 5.69 Å². The van der Waals surface area contributed by atoms with E-state index >= 15 is 0 Å². The molecule has 0 aliphatic rings. The van der Waals surface area contributed by atoms with Crippen molar-refractivity contribution in [2.45, 2.75) is 53.6 Å². The Morgan fingerprint density at radius 2 is 1.76 bits per heavy atom. The van der Waals surface area contributed by atoms with E-state index in [4.69, 9.17) is 4.74 Å². The van der Waals surface area contributed by atoms with Gasteiger partial charge in [0, 0.05) is 18.6 Å². The van der Waals surface area contributed by atoms with E-state index in [2.05, 4.69) is 42.8 Å². The molecule has 6 nitrogen and oxygen atoms in total. The monoisotopic (exact) mass is 295 g/mol. The Morgan fingerprint density at radius 1 is 1.19 bits per heavy atom. The Morgan fingerprint density at radius 3 is 2.24 bits per heavy atom. The van der Waals surface area contributed by atoms with Crippen LogP contribution in [0.15, 0.2) is 0 Å². The van der Waals surface area contributed by atoms with E-state index in [1.165, 1.54) is 0 Å². The van der Waals surface area contributed by atoms with Crippen molar-refractivity contribution in [2.75, 3.05) is 13.2 Å². The van der Waals surface area contributed by atoms with Crippen molar-refractivity contribution in [2.24, 2.45) is 0 Å². The van der Waals surface area contributed by atoms with Crippen molar-refractivity contribution in [3.63, 3.8) is 0 Å². The molecule has 0 atom stereocenters. The maximum absolute atomic E-state index is 11.4. The molecule has 6 heteroatoms. The lowest BCUT2D eigenvalue weighted by Crippen LogP contribution is -2.39. The molecule has 0 saturated heterocycles. The van der Waals surface area contributed by atoms with Crippen LogP contribution in [0.3, 0.4) is 0 Å². The van der Waals surface area contributed by atoms with Crippen molar-refractivity contribution in [3.8, 4) is 5.88 Å². The quantitative estimate of drug-likeness (QED) is 0.832. The number of carboxylic acids is 1. The van der Waals surface area contributed by atoms with Crippen LogP contribution in [0.1, 0.15) is 49.3 Å². The van der Waals surface area contributed by atoms with Crippen LogP contribution in [-0.2, 0) is 0 Å². The number of hydrogen-bond acceptors (Lipinski definition) is 5. The summed E-state index contributed by atoms with van der Waals surface area (Å²) in [5, 5.41) is 17.1. The number of ether oxygens (including phenoxy) is 1. The lowest BCUT2D eigenvalue weighted by Gasteiger charge is -2.30. The molecule has 0 unspecified atom stereocenters. The van der Waals surface area contributed by atoms with Crippen LogP contribution in [0.4, 0.5) is 0 Å². The topological polar surface area (TPSA) is 75.6 Å². The molecule has 1 rings (SSSR count). The molecule has 0 spiro atoms. The molecule has 1 N–H and O–H groups in total. The first-order chi connectivity index (χ1) is 9.75. The predicted molar refractivity (Wildman–Crippen MR) is 80.9 cm³/mol. The van der Waals surface area contributed by atoms with E-state index in [-0.39, 0.29) is 11.4 Å². The Labute approximate surface area is 126 Å². The molecule has 0 aliphatic heterocycles. The number of rotatable bonds is 7. The predicted octanol–water partition coefficient (Wildman–Crippen LogP) is 2.29. The van der Waals surface area contributed by atoms with E-state index in [0.717, 1.165) is 0 Å². The number of aromatic carboxylic acids is 1. The lowest BCUT2D eigenvalue weighted by atomic mass is 10.1. The van der Waals surface area contributed by atoms with E-state index in [0.29, 0.717) is 36.5 Å². The van der Waals surface area contributed by atoms with Crippen LogP contribution < -0.4 is 4.74 Å². The van der Waals surface area contributed by atoms with Crippen LogP contribution in [0.2, 0.25) is 0 Å². The minimum absolute atomic E-state index is 0.0954. The molecule has 0 fully saturated rings. The third-order valence-corrected chi connectivity index (χ3v) is 3.55. The lowest BCUT2D eigenvalue weighted by molar-refractivity contribution is 0.0687. The summed E-state index contributed by atoms with van der Waals surface area (Å²) in [5.41, 5.74) is 1.30. The molecule has 1 aromatic heterocycles. The van der Waals surface area contributed by atoms with Gasteiger partial charge in [-0.05, 0) is 47.1 Å². The summed E-state index contributed by atoms with van der Waals surface area (Å²) in [6.45, 7) is 13.0. The number of carbonyl (C=O) groups is 1. The Hall–Kier alpha value is -1.69. The molecule has 21 heavy (non-hydrogen) atoms. The first-order valence-corrected chi connectivity index (χ1v) is 7.21. The smallest absolute Gasteiger partial charge is 0.341 e. The number of carboxylic acid groups (broad SMARTS) is 1. The zero-order chi connectivity index (χ0) is 16.2. The summed E-state index contributed by atoms with van der Waals surface area (Å²) in [4.78, 5) is 13.6. The molecule has 1 aromatic rings. The van der Waals surface area contributed by atoms with E-state index < -0.39 is 5.97 Å². The van der Waals surface area contributed by atoms with Gasteiger partial charge in [-0.3, -0.25) is 4.90 Å². The summed E-state index contributed by atoms with van der Waals surface area (Å²) >= 11 is 0. The van der Waals surface area contributed by atoms with Crippen LogP contribution in [0.25, 0.3) is 0 Å². The van der Waals surface area contributed by atoms with Crippen molar-refractivity contribution < 1.29 is 14.6 Å². The highest BCUT2D eigenvalue weighted by molar-refractivity contribution is 5.91. The molecule has 0 saturated carbocycles. The summed E-state index contributed by atoms with van der Waals surface area (Å²) in [7, 11) is 0. The van der Waals surface area contributed by atoms with Gasteiger partial charge in [-0.2, -0.15) is 5.10 Å². The van der Waals surface area contributed by atoms with Crippen LogP contribution in [0, 0.1) is 13.8 Å². The molecule has 118 valence electrons. The number of hydrogen-bond donors (Lipinski definition) is 1. The number of nitrogens with zero attached hydrogens (tertiary/aromatic N) is 3. The van der Waals surface area contributed by atoms with Crippen LogP contribution in [0.5, 0.6) is 5.88 Å². The van der Waals surface area contributed by atoms with Gasteiger partial charge in [0.1, 0.15) is 12.2 Å². The second-order valence-corrected chi connectivity index (χ2v) is 5.67. The second kappa shape index (κ2) is 7.36. The van der Waals surface area contributed by atoms with Gasteiger partial charge < -0.3 is 9.84 Å². The molecular formula is C15H25N3O3. The van der Waals surface area contributed by atoms with Crippen molar-refractivity contribution in [3.05, 3.63) is 16.8 Å². The molecule has 0 bridgehead atoms. The highest BCUT2D eigenvalue weighted by Crippen LogP contribution is 2.20. The Bertz CT molecular complexity index is 493. The molecule has 0 aromatic carbocycles. The van der Waals surface area contributed by atoms with Gasteiger partial charge in [0.25, 0.3) is 0 Å². The average Bonchev–Trinajstić information content (AvgIpc) is 2.37. The van der Waals surface area contributed by atoms with Gasteiger partial charge in [0.15, 0.2) is 0 Å². The molecular weight excluding hydrogens is 270 g/mol. The van der Waals surface area contributed by atoms with Gasteiger partial charge >= 0.3 is 5.97 Å². The van der Waals surface area contributed by atoms with E-state index in [9.17, 15) is 9.90 Å². The number of aromatic nitrogens is 2. The second-order valence-electron chi connectivity index (χ2n) is 5.67. The zero-order valence-corrected chi connectivity index (χ0v) is 13.7. The fraction of sp³-hybridized carbons (Fsp3) is 0.667. The highest BCUT2D eigenvalue weighted by Gasteiger charge is 2.20. The van der Waals surface area contributed by atoms with Crippen molar-refractivity contribution >= 4 is 5.97 Å². The molecule has 0 radical (unpaired) electrons. The van der Waals surface area contributed by atoms with Crippen LogP contribution in [-0.4, -0.2) is 51.4 Å². The summed E-state index contributed by atoms with van der Waals surface area (Å²) in [6.07, 6.45) is 0. The first-order valence-electron chi connectivity index (χ1n) is 7.21. The summed E-state index contributed by atoms with van der Waals surface area (Å²) in [5.74, 6) is -0.942. The van der Waals surface area contributed by atoms with Gasteiger partial charge in [0.2, 0.25) is 5.88 Å². The molecule has 0 amide bonds. The minimum atomic E-state index is -1.04. The fourth-order valence-corrected chi connectivity index (χ4v) is 2.30. The third-order valence-electron chi connectivity index (χ3n) is 3.55. The third kappa shape index (κ3) is 4.39. The highest BCUT2D eigenvalue weighted by atomic mass is 16.5. The normalized spacial score (nSPS) is 11.5. The van der Waals surface area contributed by atoms with Crippen molar-refractivity contribution in [1.29, 1.82) is 0 Å². The van der Waals surface area contributed by atoms with E-state index in [1.807, 2.05) is 0 Å². The SMILES string of the molecule is Cc1nnc(OCCN(C(C)C)C(C)C)c(C(=O)O)c1C. The summed E-state index contributed by atoms with van der Waals surface area (Å²) < 4.78 is 5.57. The zero-order valence-electron chi connectivity index (χ0n) is 13.7. The maximum Gasteiger partial charge on any atom is 0.341 e.